The third-order valence-electron chi connectivity index (χ3n) is 6.21. The zero-order chi connectivity index (χ0) is 28.1. The Morgan fingerprint density at radius 1 is 0.975 bits per heavy atom. The number of methoxy groups -OCH3 is 1. The number of halogens is 1. The number of carbonyl (C=O) groups is 2. The van der Waals surface area contributed by atoms with Crippen LogP contribution in [0.2, 0.25) is 0 Å². The number of benzene rings is 4. The summed E-state index contributed by atoms with van der Waals surface area (Å²) >= 11 is 4.43. The fourth-order valence-electron chi connectivity index (χ4n) is 4.21. The van der Waals surface area contributed by atoms with Crippen molar-refractivity contribution >= 4 is 55.7 Å². The number of ether oxygens (including phenoxy) is 3. The standard InChI is InChI=1S/C31H23BrN2O5S/c1-37-27-16-22(15-25(32)29(27)39-19-21-11-9-20(18-33)10-12-21)17-28-30(35)34(31(36)40-28)13-14-38-26-8-4-6-23-5-2-3-7-24(23)26/h2-12,15-17H,13-14,19H2,1H3/b28-17-. The highest BCUT2D eigenvalue weighted by atomic mass is 79.9. The van der Waals surface area contributed by atoms with E-state index in [1.807, 2.05) is 54.6 Å². The largest absolute Gasteiger partial charge is 0.493 e. The van der Waals surface area contributed by atoms with Crippen molar-refractivity contribution in [3.63, 3.8) is 0 Å². The zero-order valence-corrected chi connectivity index (χ0v) is 23.8. The number of thioether (sulfide) groups is 1. The zero-order valence-electron chi connectivity index (χ0n) is 21.4. The lowest BCUT2D eigenvalue weighted by atomic mass is 10.1. The molecular formula is C31H23BrN2O5S. The van der Waals surface area contributed by atoms with Crippen molar-refractivity contribution in [2.24, 2.45) is 0 Å². The van der Waals surface area contributed by atoms with E-state index in [-0.39, 0.29) is 30.9 Å². The van der Waals surface area contributed by atoms with Crippen LogP contribution in [0.1, 0.15) is 16.7 Å². The molecule has 1 aliphatic rings. The summed E-state index contributed by atoms with van der Waals surface area (Å²) in [5.41, 5.74) is 2.15. The maximum absolute atomic E-state index is 13.1. The fourth-order valence-corrected chi connectivity index (χ4v) is 5.65. The van der Waals surface area contributed by atoms with Crippen LogP contribution in [-0.4, -0.2) is 36.3 Å². The van der Waals surface area contributed by atoms with Gasteiger partial charge in [-0.1, -0.05) is 48.5 Å². The monoisotopic (exact) mass is 614 g/mol. The van der Waals surface area contributed by atoms with Crippen molar-refractivity contribution in [3.8, 4) is 23.3 Å². The molecular weight excluding hydrogens is 592 g/mol. The summed E-state index contributed by atoms with van der Waals surface area (Å²) in [6.07, 6.45) is 1.66. The number of nitrogens with zero attached hydrogens (tertiary/aromatic N) is 2. The Morgan fingerprint density at radius 3 is 2.52 bits per heavy atom. The molecule has 0 atom stereocenters. The number of carbonyl (C=O) groups excluding carboxylic acids is 2. The highest BCUT2D eigenvalue weighted by molar-refractivity contribution is 9.10. The average Bonchev–Trinajstić information content (AvgIpc) is 3.24. The van der Waals surface area contributed by atoms with Crippen LogP contribution >= 0.6 is 27.7 Å². The van der Waals surface area contributed by atoms with E-state index < -0.39 is 0 Å². The van der Waals surface area contributed by atoms with Gasteiger partial charge in [0, 0.05) is 5.39 Å². The van der Waals surface area contributed by atoms with Crippen LogP contribution in [0.25, 0.3) is 16.8 Å². The molecule has 0 saturated carbocycles. The Bertz CT molecular complexity index is 1660. The number of hydrogen-bond acceptors (Lipinski definition) is 7. The van der Waals surface area contributed by atoms with E-state index in [1.54, 1.807) is 30.3 Å². The van der Waals surface area contributed by atoms with Crippen molar-refractivity contribution in [1.82, 2.24) is 4.90 Å². The summed E-state index contributed by atoms with van der Waals surface area (Å²) in [5, 5.41) is 10.7. The predicted octanol–water partition coefficient (Wildman–Crippen LogP) is 7.18. The van der Waals surface area contributed by atoms with E-state index in [0.717, 1.165) is 28.1 Å². The lowest BCUT2D eigenvalue weighted by Crippen LogP contribution is -2.32. The molecule has 1 saturated heterocycles. The van der Waals surface area contributed by atoms with Gasteiger partial charge in [0.2, 0.25) is 0 Å². The summed E-state index contributed by atoms with van der Waals surface area (Å²) in [5.74, 6) is 1.31. The van der Waals surface area contributed by atoms with E-state index in [1.165, 1.54) is 12.0 Å². The van der Waals surface area contributed by atoms with Gasteiger partial charge < -0.3 is 14.2 Å². The molecule has 40 heavy (non-hydrogen) atoms. The Kier molecular flexibility index (Phi) is 8.39. The van der Waals surface area contributed by atoms with E-state index in [9.17, 15) is 9.59 Å². The third kappa shape index (κ3) is 5.98. The number of rotatable bonds is 9. The van der Waals surface area contributed by atoms with Crippen LogP contribution < -0.4 is 14.2 Å². The van der Waals surface area contributed by atoms with Crippen LogP contribution in [0.15, 0.2) is 88.2 Å². The molecule has 0 unspecified atom stereocenters. The summed E-state index contributed by atoms with van der Waals surface area (Å²) in [6, 6.07) is 26.4. The Balaban J connectivity index is 1.25. The molecule has 5 rings (SSSR count). The molecule has 0 N–H and O–H groups in total. The highest BCUT2D eigenvalue weighted by Gasteiger charge is 2.35. The summed E-state index contributed by atoms with van der Waals surface area (Å²) in [6.45, 7) is 0.601. The maximum Gasteiger partial charge on any atom is 0.293 e. The first kappa shape index (κ1) is 27.3. The first-order chi connectivity index (χ1) is 19.5. The first-order valence-electron chi connectivity index (χ1n) is 12.3. The molecule has 1 fully saturated rings. The molecule has 7 nitrogen and oxygen atoms in total. The van der Waals surface area contributed by atoms with Gasteiger partial charge in [-0.25, -0.2) is 0 Å². The molecule has 0 spiro atoms. The van der Waals surface area contributed by atoms with Crippen LogP contribution in [0.3, 0.4) is 0 Å². The van der Waals surface area contributed by atoms with Gasteiger partial charge in [-0.15, -0.1) is 0 Å². The van der Waals surface area contributed by atoms with E-state index >= 15 is 0 Å². The molecule has 0 aromatic heterocycles. The molecule has 1 heterocycles. The van der Waals surface area contributed by atoms with E-state index in [2.05, 4.69) is 22.0 Å². The minimum atomic E-state index is -0.368. The number of fused-ring (bicyclic) bond motifs is 1. The SMILES string of the molecule is COc1cc(/C=C2\SC(=O)N(CCOc3cccc4ccccc34)C2=O)cc(Br)c1OCc1ccc(C#N)cc1. The summed E-state index contributed by atoms with van der Waals surface area (Å²) in [4.78, 5) is 27.2. The molecule has 0 aliphatic carbocycles. The van der Waals surface area contributed by atoms with Crippen LogP contribution in [0.4, 0.5) is 4.79 Å². The lowest BCUT2D eigenvalue weighted by Gasteiger charge is -2.14. The van der Waals surface area contributed by atoms with Crippen molar-refractivity contribution in [1.29, 1.82) is 5.26 Å². The van der Waals surface area contributed by atoms with Gasteiger partial charge in [-0.05, 0) is 80.6 Å². The second-order valence-corrected chi connectivity index (χ2v) is 10.6. The normalized spacial score (nSPS) is 14.0. The first-order valence-corrected chi connectivity index (χ1v) is 13.9. The molecule has 4 aromatic carbocycles. The predicted molar refractivity (Wildman–Crippen MR) is 158 cm³/mol. The third-order valence-corrected chi connectivity index (χ3v) is 7.71. The van der Waals surface area contributed by atoms with Gasteiger partial charge in [0.25, 0.3) is 11.1 Å². The molecule has 4 aromatic rings. The van der Waals surface area contributed by atoms with Crippen molar-refractivity contribution in [3.05, 3.63) is 105 Å². The lowest BCUT2D eigenvalue weighted by molar-refractivity contribution is -0.123. The fraction of sp³-hybridized carbons (Fsp3) is 0.129. The minimum absolute atomic E-state index is 0.139. The van der Waals surface area contributed by atoms with Crippen LogP contribution in [0, 0.1) is 11.3 Å². The number of nitriles is 1. The average molecular weight is 616 g/mol. The topological polar surface area (TPSA) is 88.9 Å². The van der Waals surface area contributed by atoms with Crippen LogP contribution in [-0.2, 0) is 11.4 Å². The number of imide groups is 1. The molecule has 0 bridgehead atoms. The molecule has 0 radical (unpaired) electrons. The highest BCUT2D eigenvalue weighted by Crippen LogP contribution is 2.39. The summed E-state index contributed by atoms with van der Waals surface area (Å²) in [7, 11) is 1.53. The number of hydrogen-bond donors (Lipinski definition) is 0. The van der Waals surface area contributed by atoms with Crippen molar-refractivity contribution < 1.29 is 23.8 Å². The van der Waals surface area contributed by atoms with Gasteiger partial charge in [0.1, 0.15) is 19.0 Å². The molecule has 1 aliphatic heterocycles. The second-order valence-electron chi connectivity index (χ2n) is 8.79. The quantitative estimate of drug-likeness (QED) is 0.184. The summed E-state index contributed by atoms with van der Waals surface area (Å²) < 4.78 is 18.1. The van der Waals surface area contributed by atoms with Gasteiger partial charge in [0.15, 0.2) is 11.5 Å². The van der Waals surface area contributed by atoms with Gasteiger partial charge in [-0.3, -0.25) is 14.5 Å². The Hall–Kier alpha value is -4.26. The van der Waals surface area contributed by atoms with Gasteiger partial charge >= 0.3 is 0 Å². The second kappa shape index (κ2) is 12.3. The number of amides is 2. The van der Waals surface area contributed by atoms with Crippen molar-refractivity contribution in [2.45, 2.75) is 6.61 Å². The molecule has 200 valence electrons. The van der Waals surface area contributed by atoms with E-state index in [4.69, 9.17) is 19.5 Å². The van der Waals surface area contributed by atoms with E-state index in [0.29, 0.717) is 37.8 Å². The smallest absolute Gasteiger partial charge is 0.293 e. The van der Waals surface area contributed by atoms with Crippen molar-refractivity contribution in [2.75, 3.05) is 20.3 Å². The molecule has 2 amide bonds. The maximum atomic E-state index is 13.1. The van der Waals surface area contributed by atoms with Gasteiger partial charge in [-0.2, -0.15) is 5.26 Å². The van der Waals surface area contributed by atoms with Crippen LogP contribution in [0.5, 0.6) is 17.2 Å². The Morgan fingerprint density at radius 2 is 1.75 bits per heavy atom. The minimum Gasteiger partial charge on any atom is -0.493 e. The molecule has 9 heteroatoms. The Labute approximate surface area is 244 Å². The van der Waals surface area contributed by atoms with Gasteiger partial charge in [0.05, 0.1) is 34.7 Å².